The van der Waals surface area contributed by atoms with Gasteiger partial charge in [0, 0.05) is 0 Å². The van der Waals surface area contributed by atoms with Crippen LogP contribution in [0, 0.1) is 5.92 Å². The van der Waals surface area contributed by atoms with Gasteiger partial charge >= 0.3 is 6.09 Å². The van der Waals surface area contributed by atoms with E-state index in [9.17, 15) is 14.4 Å². The summed E-state index contributed by atoms with van der Waals surface area (Å²) in [7, 11) is 0. The zero-order chi connectivity index (χ0) is 20.2. The summed E-state index contributed by atoms with van der Waals surface area (Å²) in [6, 6.07) is 7.60. The van der Waals surface area contributed by atoms with Gasteiger partial charge in [-0.1, -0.05) is 50.3 Å². The molecule has 7 nitrogen and oxygen atoms in total. The molecule has 3 amide bonds. The van der Waals surface area contributed by atoms with Crippen LogP contribution in [0.4, 0.5) is 4.79 Å². The third kappa shape index (κ3) is 8.40. The Morgan fingerprint density at radius 1 is 1.19 bits per heavy atom. The second-order valence-electron chi connectivity index (χ2n) is 6.61. The molecule has 0 saturated carbocycles. The summed E-state index contributed by atoms with van der Waals surface area (Å²) < 4.78 is 5.16. The van der Waals surface area contributed by atoms with Gasteiger partial charge in [-0.15, -0.1) is 6.58 Å². The number of hydrogen-bond acceptors (Lipinski definition) is 4. The zero-order valence-electron chi connectivity index (χ0n) is 15.9. The quantitative estimate of drug-likeness (QED) is 0.407. The summed E-state index contributed by atoms with van der Waals surface area (Å²) >= 11 is 0. The van der Waals surface area contributed by atoms with Gasteiger partial charge in [-0.2, -0.15) is 0 Å². The summed E-state index contributed by atoms with van der Waals surface area (Å²) in [4.78, 5) is 36.2. The van der Waals surface area contributed by atoms with Crippen LogP contribution in [0.5, 0.6) is 0 Å². The van der Waals surface area contributed by atoms with Crippen molar-refractivity contribution in [1.29, 1.82) is 0 Å². The van der Waals surface area contributed by atoms with Crippen LogP contribution in [0.25, 0.3) is 0 Å². The highest BCUT2D eigenvalue weighted by Crippen LogP contribution is 2.07. The van der Waals surface area contributed by atoms with Crippen molar-refractivity contribution in [2.24, 2.45) is 11.7 Å². The second-order valence-corrected chi connectivity index (χ2v) is 6.61. The molecule has 7 heteroatoms. The number of allylic oxidation sites excluding steroid dienone is 1. The molecule has 148 valence electrons. The van der Waals surface area contributed by atoms with Gasteiger partial charge in [-0.3, -0.25) is 9.59 Å². The molecule has 0 radical (unpaired) electrons. The average molecular weight is 375 g/mol. The zero-order valence-corrected chi connectivity index (χ0v) is 15.9. The molecule has 2 atom stereocenters. The van der Waals surface area contributed by atoms with E-state index in [0.29, 0.717) is 12.8 Å². The van der Waals surface area contributed by atoms with Gasteiger partial charge in [0.05, 0.1) is 0 Å². The van der Waals surface area contributed by atoms with E-state index >= 15 is 0 Å². The standard InChI is InChI=1S/C20H29N3O4/c1-4-5-7-12-16(18(21)24)22-19(25)17(14(2)3)23-20(26)27-13-15-10-8-6-9-11-15/h4,6,8-11,14,16-17H,1,5,7,12-13H2,2-3H3,(H2,21,24)(H,22,25)(H,23,26)/t16-,17+/m1/s1. The van der Waals surface area contributed by atoms with E-state index in [2.05, 4.69) is 17.2 Å². The first-order valence-corrected chi connectivity index (χ1v) is 9.03. The van der Waals surface area contributed by atoms with Crippen molar-refractivity contribution in [3.05, 3.63) is 48.6 Å². The molecule has 0 spiro atoms. The first kappa shape index (κ1) is 22.2. The van der Waals surface area contributed by atoms with E-state index in [0.717, 1.165) is 12.0 Å². The number of rotatable bonds is 11. The van der Waals surface area contributed by atoms with Crippen molar-refractivity contribution in [3.63, 3.8) is 0 Å². The van der Waals surface area contributed by atoms with Gasteiger partial charge in [-0.25, -0.2) is 4.79 Å². The van der Waals surface area contributed by atoms with Crippen LogP contribution in [0.3, 0.4) is 0 Å². The summed E-state index contributed by atoms with van der Waals surface area (Å²) in [5.41, 5.74) is 6.21. The lowest BCUT2D eigenvalue weighted by molar-refractivity contribution is -0.129. The summed E-state index contributed by atoms with van der Waals surface area (Å²) in [5.74, 6) is -1.28. The number of amides is 3. The number of benzene rings is 1. The lowest BCUT2D eigenvalue weighted by Crippen LogP contribution is -2.54. The number of carbonyl (C=O) groups excluding carboxylic acids is 3. The molecule has 0 saturated heterocycles. The normalized spacial score (nSPS) is 12.7. The van der Waals surface area contributed by atoms with E-state index in [1.165, 1.54) is 0 Å². The molecule has 0 aliphatic carbocycles. The Kier molecular flexibility index (Phi) is 9.64. The molecule has 0 bridgehead atoms. The van der Waals surface area contributed by atoms with E-state index in [1.54, 1.807) is 19.9 Å². The van der Waals surface area contributed by atoms with Crippen molar-refractivity contribution in [1.82, 2.24) is 10.6 Å². The lowest BCUT2D eigenvalue weighted by atomic mass is 10.0. The van der Waals surface area contributed by atoms with Crippen LogP contribution >= 0.6 is 0 Å². The van der Waals surface area contributed by atoms with Crippen LogP contribution in [-0.4, -0.2) is 30.0 Å². The number of hydrogen-bond donors (Lipinski definition) is 3. The van der Waals surface area contributed by atoms with Crippen LogP contribution in [0.15, 0.2) is 43.0 Å². The molecule has 0 aromatic heterocycles. The fraction of sp³-hybridized carbons (Fsp3) is 0.450. The molecule has 1 aromatic rings. The summed E-state index contributed by atoms with van der Waals surface area (Å²) in [6.45, 7) is 7.30. The van der Waals surface area contributed by atoms with Crippen molar-refractivity contribution in [2.45, 2.75) is 51.8 Å². The van der Waals surface area contributed by atoms with Gasteiger partial charge < -0.3 is 21.1 Å². The Balaban J connectivity index is 2.61. The number of primary amides is 1. The number of unbranched alkanes of at least 4 members (excludes halogenated alkanes) is 1. The van der Waals surface area contributed by atoms with E-state index in [4.69, 9.17) is 10.5 Å². The van der Waals surface area contributed by atoms with Gasteiger partial charge in [0.15, 0.2) is 0 Å². The Morgan fingerprint density at radius 2 is 1.85 bits per heavy atom. The van der Waals surface area contributed by atoms with Crippen LogP contribution < -0.4 is 16.4 Å². The highest BCUT2D eigenvalue weighted by molar-refractivity contribution is 5.90. The molecule has 27 heavy (non-hydrogen) atoms. The minimum absolute atomic E-state index is 0.102. The van der Waals surface area contributed by atoms with Crippen LogP contribution in [0.1, 0.15) is 38.7 Å². The lowest BCUT2D eigenvalue weighted by Gasteiger charge is -2.24. The molecule has 0 unspecified atom stereocenters. The minimum atomic E-state index is -0.838. The number of carbonyl (C=O) groups is 3. The predicted molar refractivity (Wildman–Crippen MR) is 104 cm³/mol. The smallest absolute Gasteiger partial charge is 0.408 e. The van der Waals surface area contributed by atoms with Gasteiger partial charge in [-0.05, 0) is 30.7 Å². The topological polar surface area (TPSA) is 111 Å². The molecule has 0 aliphatic rings. The number of nitrogens with two attached hydrogens (primary N) is 1. The molecule has 1 rings (SSSR count). The third-order valence-corrected chi connectivity index (χ3v) is 4.00. The first-order valence-electron chi connectivity index (χ1n) is 9.03. The third-order valence-electron chi connectivity index (χ3n) is 4.00. The molecular weight excluding hydrogens is 346 g/mol. The number of alkyl carbamates (subject to hydrolysis) is 1. The van der Waals surface area contributed by atoms with E-state index < -0.39 is 30.0 Å². The van der Waals surface area contributed by atoms with Gasteiger partial charge in [0.1, 0.15) is 18.7 Å². The minimum Gasteiger partial charge on any atom is -0.445 e. The maximum Gasteiger partial charge on any atom is 0.408 e. The fourth-order valence-electron chi connectivity index (χ4n) is 2.44. The fourth-order valence-corrected chi connectivity index (χ4v) is 2.44. The highest BCUT2D eigenvalue weighted by Gasteiger charge is 2.28. The van der Waals surface area contributed by atoms with Crippen molar-refractivity contribution in [2.75, 3.05) is 0 Å². The number of ether oxygens (including phenoxy) is 1. The molecule has 4 N–H and O–H groups in total. The van der Waals surface area contributed by atoms with Gasteiger partial charge in [0.25, 0.3) is 0 Å². The van der Waals surface area contributed by atoms with Crippen molar-refractivity contribution in [3.8, 4) is 0 Å². The maximum absolute atomic E-state index is 12.5. The molecule has 0 heterocycles. The molecular formula is C20H29N3O4. The SMILES string of the molecule is C=CCCC[C@@H](NC(=O)[C@@H](NC(=O)OCc1ccccc1)C(C)C)C(N)=O. The predicted octanol–water partition coefficient (Wildman–Crippen LogP) is 2.26. The Hall–Kier alpha value is -2.83. The van der Waals surface area contributed by atoms with Crippen molar-refractivity contribution >= 4 is 17.9 Å². The Morgan fingerprint density at radius 3 is 2.41 bits per heavy atom. The first-order chi connectivity index (χ1) is 12.8. The van der Waals surface area contributed by atoms with Crippen LogP contribution in [-0.2, 0) is 20.9 Å². The monoisotopic (exact) mass is 375 g/mol. The molecule has 0 fully saturated rings. The maximum atomic E-state index is 12.5. The highest BCUT2D eigenvalue weighted by atomic mass is 16.5. The van der Waals surface area contributed by atoms with Crippen LogP contribution in [0.2, 0.25) is 0 Å². The average Bonchev–Trinajstić information content (AvgIpc) is 2.64. The van der Waals surface area contributed by atoms with Gasteiger partial charge in [0.2, 0.25) is 11.8 Å². The largest absolute Gasteiger partial charge is 0.445 e. The molecule has 1 aromatic carbocycles. The Bertz CT molecular complexity index is 631. The van der Waals surface area contributed by atoms with E-state index in [-0.39, 0.29) is 12.5 Å². The van der Waals surface area contributed by atoms with Crippen molar-refractivity contribution < 1.29 is 19.1 Å². The summed E-state index contributed by atoms with van der Waals surface area (Å²) in [6.07, 6.45) is 2.85. The van der Waals surface area contributed by atoms with E-state index in [1.807, 2.05) is 30.3 Å². The molecule has 0 aliphatic heterocycles. The second kappa shape index (κ2) is 11.7. The Labute approximate surface area is 160 Å². The summed E-state index contributed by atoms with van der Waals surface area (Å²) in [5, 5.41) is 5.17. The number of nitrogens with one attached hydrogen (secondary N) is 2.